The Hall–Kier alpha value is -3.51. The van der Waals surface area contributed by atoms with Crippen LogP contribution in [0.2, 0.25) is 0 Å². The Bertz CT molecular complexity index is 1310. The molecule has 0 amide bonds. The maximum Gasteiger partial charge on any atom is 0.306 e. The SMILES string of the molecule is C=CCCC(=O)OC[C@H](Cc1ccccc1)n1c(CCC=C)c(C(=O)c2ccc(Br)cc2)c(C)cc1=O. The van der Waals surface area contributed by atoms with E-state index >= 15 is 0 Å². The molecule has 0 saturated heterocycles. The Morgan fingerprint density at radius 2 is 1.70 bits per heavy atom. The highest BCUT2D eigenvalue weighted by molar-refractivity contribution is 9.10. The number of ketones is 1. The van der Waals surface area contributed by atoms with Crippen LogP contribution in [0.15, 0.2) is 95.2 Å². The third-order valence-electron chi connectivity index (χ3n) is 6.14. The molecule has 1 aromatic heterocycles. The number of nitrogens with zero attached hydrogens (tertiary/aromatic N) is 1. The van der Waals surface area contributed by atoms with E-state index in [-0.39, 0.29) is 30.3 Å². The van der Waals surface area contributed by atoms with Crippen LogP contribution in [-0.2, 0) is 22.4 Å². The first-order valence-corrected chi connectivity index (χ1v) is 13.1. The van der Waals surface area contributed by atoms with Crippen molar-refractivity contribution in [1.82, 2.24) is 4.57 Å². The zero-order valence-corrected chi connectivity index (χ0v) is 22.7. The molecule has 0 bridgehead atoms. The van der Waals surface area contributed by atoms with Crippen LogP contribution in [0.25, 0.3) is 0 Å². The smallest absolute Gasteiger partial charge is 0.306 e. The van der Waals surface area contributed by atoms with Crippen LogP contribution >= 0.6 is 15.9 Å². The maximum absolute atomic E-state index is 13.7. The Balaban J connectivity index is 2.14. The monoisotopic (exact) mass is 561 g/mol. The summed E-state index contributed by atoms with van der Waals surface area (Å²) in [6.45, 7) is 9.29. The largest absolute Gasteiger partial charge is 0.463 e. The molecule has 3 rings (SSSR count). The van der Waals surface area contributed by atoms with E-state index in [1.165, 1.54) is 6.07 Å². The lowest BCUT2D eigenvalue weighted by Gasteiger charge is -2.26. The number of rotatable bonds is 13. The molecule has 6 heteroatoms. The van der Waals surface area contributed by atoms with Gasteiger partial charge in [-0.15, -0.1) is 13.2 Å². The van der Waals surface area contributed by atoms with Crippen LogP contribution in [-0.4, -0.2) is 22.9 Å². The summed E-state index contributed by atoms with van der Waals surface area (Å²) in [4.78, 5) is 39.6. The van der Waals surface area contributed by atoms with Gasteiger partial charge in [0.2, 0.25) is 0 Å². The van der Waals surface area contributed by atoms with Crippen molar-refractivity contribution in [3.05, 3.63) is 129 Å². The molecule has 0 N–H and O–H groups in total. The van der Waals surface area contributed by atoms with Crippen molar-refractivity contribution in [3.8, 4) is 0 Å². The van der Waals surface area contributed by atoms with E-state index in [2.05, 4.69) is 29.1 Å². The summed E-state index contributed by atoms with van der Waals surface area (Å²) in [6, 6.07) is 17.9. The third-order valence-corrected chi connectivity index (χ3v) is 6.67. The molecule has 0 saturated carbocycles. The molecule has 0 aliphatic carbocycles. The van der Waals surface area contributed by atoms with Gasteiger partial charge in [-0.1, -0.05) is 58.4 Å². The number of pyridine rings is 1. The third kappa shape index (κ3) is 7.49. The number of aryl methyl sites for hydroxylation is 1. The quantitative estimate of drug-likeness (QED) is 0.134. The number of aromatic nitrogens is 1. The number of hydrogen-bond acceptors (Lipinski definition) is 4. The van der Waals surface area contributed by atoms with Gasteiger partial charge in [0.05, 0.1) is 6.04 Å². The van der Waals surface area contributed by atoms with Gasteiger partial charge in [-0.05, 0) is 68.0 Å². The second-order valence-corrected chi connectivity index (χ2v) is 9.79. The van der Waals surface area contributed by atoms with E-state index in [0.717, 1.165) is 10.0 Å². The molecule has 0 unspecified atom stereocenters. The second kappa shape index (κ2) is 13.7. The standard InChI is InChI=1S/C31H32BrNO4/c1-4-6-13-27-30(31(36)24-15-17-25(32)18-16-24)22(3)19-28(34)33(27)26(20-23-11-9-8-10-12-23)21-37-29(35)14-7-5-2/h4-5,8-12,15-19,26H,1-2,6-7,13-14,20-21H2,3H3/t26-/m0/s1. The molecule has 0 aliphatic heterocycles. The van der Waals surface area contributed by atoms with Crippen molar-refractivity contribution in [3.63, 3.8) is 0 Å². The first kappa shape index (κ1) is 28.1. The second-order valence-electron chi connectivity index (χ2n) is 8.87. The molecule has 0 spiro atoms. The number of hydrogen-bond donors (Lipinski definition) is 0. The highest BCUT2D eigenvalue weighted by Gasteiger charge is 2.25. The van der Waals surface area contributed by atoms with E-state index in [1.807, 2.05) is 42.5 Å². The van der Waals surface area contributed by atoms with Crippen LogP contribution < -0.4 is 5.56 Å². The van der Waals surface area contributed by atoms with Gasteiger partial charge >= 0.3 is 5.97 Å². The molecule has 5 nitrogen and oxygen atoms in total. The highest BCUT2D eigenvalue weighted by atomic mass is 79.9. The summed E-state index contributed by atoms with van der Waals surface area (Å²) in [6.07, 6.45) is 5.68. The van der Waals surface area contributed by atoms with Crippen LogP contribution in [0.1, 0.15) is 58.0 Å². The number of carbonyl (C=O) groups excluding carboxylic acids is 2. The zero-order chi connectivity index (χ0) is 26.8. The first-order chi connectivity index (χ1) is 17.8. The molecule has 192 valence electrons. The van der Waals surface area contributed by atoms with Gasteiger partial charge < -0.3 is 9.30 Å². The molecular weight excluding hydrogens is 530 g/mol. The van der Waals surface area contributed by atoms with Crippen molar-refractivity contribution >= 4 is 27.7 Å². The maximum atomic E-state index is 13.7. The topological polar surface area (TPSA) is 65.4 Å². The average Bonchev–Trinajstić information content (AvgIpc) is 2.89. The summed E-state index contributed by atoms with van der Waals surface area (Å²) < 4.78 is 8.14. The summed E-state index contributed by atoms with van der Waals surface area (Å²) in [5.74, 6) is -0.504. The van der Waals surface area contributed by atoms with Crippen LogP contribution in [0.5, 0.6) is 0 Å². The van der Waals surface area contributed by atoms with Crippen molar-refractivity contribution in [1.29, 1.82) is 0 Å². The number of halogens is 1. The van der Waals surface area contributed by atoms with Gasteiger partial charge in [-0.2, -0.15) is 0 Å². The Morgan fingerprint density at radius 1 is 1.03 bits per heavy atom. The number of allylic oxidation sites excluding steroid dienone is 2. The first-order valence-electron chi connectivity index (χ1n) is 12.3. The minimum Gasteiger partial charge on any atom is -0.463 e. The van der Waals surface area contributed by atoms with Crippen molar-refractivity contribution in [2.75, 3.05) is 6.61 Å². The van der Waals surface area contributed by atoms with Gasteiger partial charge in [0, 0.05) is 33.8 Å². The van der Waals surface area contributed by atoms with E-state index < -0.39 is 6.04 Å². The lowest BCUT2D eigenvalue weighted by atomic mass is 9.94. The number of benzene rings is 2. The molecule has 3 aromatic rings. The fraction of sp³-hybridized carbons (Fsp3) is 0.258. The lowest BCUT2D eigenvalue weighted by Crippen LogP contribution is -2.34. The van der Waals surface area contributed by atoms with Gasteiger partial charge in [-0.25, -0.2) is 0 Å². The van der Waals surface area contributed by atoms with Gasteiger partial charge in [0.15, 0.2) is 5.78 Å². The Kier molecular flexibility index (Phi) is 10.4. The van der Waals surface area contributed by atoms with Gasteiger partial charge in [-0.3, -0.25) is 14.4 Å². The summed E-state index contributed by atoms with van der Waals surface area (Å²) in [7, 11) is 0. The van der Waals surface area contributed by atoms with E-state index in [0.29, 0.717) is 48.1 Å². The normalized spacial score (nSPS) is 11.5. The number of esters is 1. The molecular formula is C31H32BrNO4. The lowest BCUT2D eigenvalue weighted by molar-refractivity contribution is -0.144. The van der Waals surface area contributed by atoms with Crippen LogP contribution in [0.4, 0.5) is 0 Å². The van der Waals surface area contributed by atoms with Crippen LogP contribution in [0, 0.1) is 6.92 Å². The molecule has 1 heterocycles. The molecule has 0 aliphatic rings. The summed E-state index contributed by atoms with van der Waals surface area (Å²) in [5.41, 5.74) is 3.05. The number of carbonyl (C=O) groups is 2. The average molecular weight is 563 g/mol. The summed E-state index contributed by atoms with van der Waals surface area (Å²) >= 11 is 3.42. The minimum absolute atomic E-state index is 0.0147. The van der Waals surface area contributed by atoms with E-state index in [4.69, 9.17) is 4.74 Å². The zero-order valence-electron chi connectivity index (χ0n) is 21.1. The predicted molar refractivity (Wildman–Crippen MR) is 151 cm³/mol. The van der Waals surface area contributed by atoms with E-state index in [1.54, 1.807) is 35.8 Å². The van der Waals surface area contributed by atoms with E-state index in [9.17, 15) is 14.4 Å². The molecule has 0 radical (unpaired) electrons. The molecule has 1 atom stereocenters. The van der Waals surface area contributed by atoms with Gasteiger partial charge in [0.25, 0.3) is 5.56 Å². The Labute approximate surface area is 226 Å². The van der Waals surface area contributed by atoms with Crippen molar-refractivity contribution in [2.24, 2.45) is 0 Å². The highest BCUT2D eigenvalue weighted by Crippen LogP contribution is 2.25. The molecule has 0 fully saturated rings. The van der Waals surface area contributed by atoms with Crippen molar-refractivity contribution < 1.29 is 14.3 Å². The molecule has 2 aromatic carbocycles. The molecule has 37 heavy (non-hydrogen) atoms. The fourth-order valence-corrected chi connectivity index (χ4v) is 4.60. The fourth-order valence-electron chi connectivity index (χ4n) is 4.34. The number of ether oxygens (including phenoxy) is 1. The van der Waals surface area contributed by atoms with Gasteiger partial charge in [0.1, 0.15) is 6.61 Å². The summed E-state index contributed by atoms with van der Waals surface area (Å²) in [5, 5.41) is 0. The minimum atomic E-state index is -0.487. The van der Waals surface area contributed by atoms with Crippen LogP contribution in [0.3, 0.4) is 0 Å². The Morgan fingerprint density at radius 3 is 2.35 bits per heavy atom. The predicted octanol–water partition coefficient (Wildman–Crippen LogP) is 6.56. The van der Waals surface area contributed by atoms with Crippen molar-refractivity contribution in [2.45, 2.75) is 45.1 Å².